The van der Waals surface area contributed by atoms with Gasteiger partial charge >= 0.3 is 0 Å². The molecule has 1 N–H and O–H groups in total. The zero-order valence-electron chi connectivity index (χ0n) is 18.6. The Morgan fingerprint density at radius 3 is 2.62 bits per heavy atom. The molecule has 0 spiro atoms. The van der Waals surface area contributed by atoms with Gasteiger partial charge < -0.3 is 9.84 Å². The third-order valence-corrected chi connectivity index (χ3v) is 6.68. The molecule has 0 aliphatic carbocycles. The van der Waals surface area contributed by atoms with Crippen LogP contribution in [0.2, 0.25) is 0 Å². The minimum Gasteiger partial charge on any atom is -0.350 e. The van der Waals surface area contributed by atoms with E-state index in [1.807, 2.05) is 68.4 Å². The summed E-state index contributed by atoms with van der Waals surface area (Å²) < 4.78 is 6.82. The van der Waals surface area contributed by atoms with Gasteiger partial charge in [0.2, 0.25) is 11.7 Å². The van der Waals surface area contributed by atoms with Crippen molar-refractivity contribution in [2.45, 2.75) is 26.9 Å². The van der Waals surface area contributed by atoms with Crippen molar-refractivity contribution in [3.8, 4) is 22.2 Å². The lowest BCUT2D eigenvalue weighted by atomic mass is 10.1. The SMILES string of the molecule is Cc1ccc(-c2noc(-c3sc4ncn(CC(=O)NCc5ccccc5)c(=O)c4c3C)n2)cc1. The predicted molar refractivity (Wildman–Crippen MR) is 130 cm³/mol. The molecule has 34 heavy (non-hydrogen) atoms. The van der Waals surface area contributed by atoms with E-state index >= 15 is 0 Å². The van der Waals surface area contributed by atoms with Crippen molar-refractivity contribution in [1.82, 2.24) is 25.0 Å². The zero-order chi connectivity index (χ0) is 23.7. The molecule has 9 heteroatoms. The van der Waals surface area contributed by atoms with Crippen molar-refractivity contribution in [3.63, 3.8) is 0 Å². The molecule has 0 saturated carbocycles. The van der Waals surface area contributed by atoms with Gasteiger partial charge in [0, 0.05) is 12.1 Å². The van der Waals surface area contributed by atoms with Crippen molar-refractivity contribution in [3.05, 3.63) is 88.0 Å². The second kappa shape index (κ2) is 9.03. The summed E-state index contributed by atoms with van der Waals surface area (Å²) in [5.74, 6) is 0.551. The number of amides is 1. The fourth-order valence-electron chi connectivity index (χ4n) is 3.62. The molecule has 0 unspecified atom stereocenters. The smallest absolute Gasteiger partial charge is 0.268 e. The normalized spacial score (nSPS) is 11.1. The number of hydrogen-bond donors (Lipinski definition) is 1. The van der Waals surface area contributed by atoms with Gasteiger partial charge in [0.15, 0.2) is 0 Å². The third-order valence-electron chi connectivity index (χ3n) is 5.49. The quantitative estimate of drug-likeness (QED) is 0.400. The average molecular weight is 472 g/mol. The number of rotatable bonds is 6. The molecule has 5 aromatic rings. The first-order valence-corrected chi connectivity index (χ1v) is 11.5. The topological polar surface area (TPSA) is 103 Å². The Labute approximate surface area is 198 Å². The van der Waals surface area contributed by atoms with E-state index in [9.17, 15) is 9.59 Å². The molecule has 5 rings (SSSR count). The zero-order valence-corrected chi connectivity index (χ0v) is 19.4. The van der Waals surface area contributed by atoms with Crippen molar-refractivity contribution >= 4 is 27.5 Å². The lowest BCUT2D eigenvalue weighted by molar-refractivity contribution is -0.121. The van der Waals surface area contributed by atoms with E-state index < -0.39 is 0 Å². The van der Waals surface area contributed by atoms with Crippen LogP contribution in [0.1, 0.15) is 16.7 Å². The molecule has 0 fully saturated rings. The second-order valence-electron chi connectivity index (χ2n) is 7.97. The summed E-state index contributed by atoms with van der Waals surface area (Å²) in [5.41, 5.74) is 3.40. The number of thiophene rings is 1. The Balaban J connectivity index is 1.39. The maximum Gasteiger partial charge on any atom is 0.268 e. The monoisotopic (exact) mass is 471 g/mol. The fraction of sp³-hybridized carbons (Fsp3) is 0.160. The molecule has 0 atom stereocenters. The van der Waals surface area contributed by atoms with Crippen LogP contribution in [0.5, 0.6) is 0 Å². The summed E-state index contributed by atoms with van der Waals surface area (Å²) in [5, 5.41) is 7.38. The van der Waals surface area contributed by atoms with Gasteiger partial charge in [-0.1, -0.05) is 65.3 Å². The highest BCUT2D eigenvalue weighted by atomic mass is 32.1. The van der Waals surface area contributed by atoms with Gasteiger partial charge in [0.05, 0.1) is 16.6 Å². The highest BCUT2D eigenvalue weighted by molar-refractivity contribution is 7.22. The Morgan fingerprint density at radius 2 is 1.85 bits per heavy atom. The molecule has 1 amide bonds. The summed E-state index contributed by atoms with van der Waals surface area (Å²) in [6.45, 7) is 4.12. The Morgan fingerprint density at radius 1 is 1.09 bits per heavy atom. The van der Waals surface area contributed by atoms with E-state index in [1.165, 1.54) is 22.2 Å². The number of carbonyl (C=O) groups is 1. The summed E-state index contributed by atoms with van der Waals surface area (Å²) >= 11 is 1.32. The number of benzene rings is 2. The number of hydrogen-bond acceptors (Lipinski definition) is 7. The van der Waals surface area contributed by atoms with Crippen LogP contribution >= 0.6 is 11.3 Å². The number of nitrogens with one attached hydrogen (secondary N) is 1. The van der Waals surface area contributed by atoms with Gasteiger partial charge in [-0.15, -0.1) is 11.3 Å². The number of aromatic nitrogens is 4. The summed E-state index contributed by atoms with van der Waals surface area (Å²) in [7, 11) is 0. The minimum atomic E-state index is -0.280. The van der Waals surface area contributed by atoms with Crippen molar-refractivity contribution < 1.29 is 9.32 Å². The predicted octanol–water partition coefficient (Wildman–Crippen LogP) is 4.11. The van der Waals surface area contributed by atoms with Gasteiger partial charge in [-0.2, -0.15) is 4.98 Å². The molecule has 3 heterocycles. The van der Waals surface area contributed by atoms with E-state index in [1.54, 1.807) is 0 Å². The van der Waals surface area contributed by atoms with Crippen LogP contribution in [-0.2, 0) is 17.9 Å². The van der Waals surface area contributed by atoms with Gasteiger partial charge in [-0.25, -0.2) is 4.98 Å². The summed E-state index contributed by atoms with van der Waals surface area (Å²) in [4.78, 5) is 35.7. The van der Waals surface area contributed by atoms with Crippen molar-refractivity contribution in [2.75, 3.05) is 0 Å². The van der Waals surface area contributed by atoms with Crippen LogP contribution < -0.4 is 10.9 Å². The Hall–Kier alpha value is -4.11. The molecule has 2 aromatic carbocycles. The molecule has 0 radical (unpaired) electrons. The average Bonchev–Trinajstić information content (AvgIpc) is 3.46. The Bertz CT molecular complexity index is 1530. The standard InChI is InChI=1S/C25H21N5O3S/c1-15-8-10-18(11-9-15)22-28-23(33-29-22)21-16(2)20-24(34-21)27-14-30(25(20)32)13-19(31)26-12-17-6-4-3-5-7-17/h3-11,14H,12-13H2,1-2H3,(H,26,31). The highest BCUT2D eigenvalue weighted by Gasteiger charge is 2.21. The van der Waals surface area contributed by atoms with Crippen molar-refractivity contribution in [2.24, 2.45) is 0 Å². The molecule has 0 saturated heterocycles. The molecule has 8 nitrogen and oxygen atoms in total. The van der Waals surface area contributed by atoms with E-state index in [4.69, 9.17) is 4.52 Å². The number of fused-ring (bicyclic) bond motifs is 1. The lowest BCUT2D eigenvalue weighted by Gasteiger charge is -2.07. The van der Waals surface area contributed by atoms with Crippen LogP contribution in [0, 0.1) is 13.8 Å². The summed E-state index contributed by atoms with van der Waals surface area (Å²) in [6.07, 6.45) is 1.40. The third kappa shape index (κ3) is 4.25. The Kier molecular flexibility index (Phi) is 5.77. The largest absolute Gasteiger partial charge is 0.350 e. The van der Waals surface area contributed by atoms with Gasteiger partial charge in [-0.3, -0.25) is 14.2 Å². The van der Waals surface area contributed by atoms with Crippen molar-refractivity contribution in [1.29, 1.82) is 0 Å². The lowest BCUT2D eigenvalue weighted by Crippen LogP contribution is -2.32. The number of carbonyl (C=O) groups excluding carboxylic acids is 1. The maximum atomic E-state index is 13.1. The minimum absolute atomic E-state index is 0.114. The van der Waals surface area contributed by atoms with Crippen LogP contribution in [0.25, 0.3) is 32.4 Å². The van der Waals surface area contributed by atoms with Crippen LogP contribution in [-0.4, -0.2) is 25.6 Å². The van der Waals surface area contributed by atoms with Crippen LogP contribution in [0.4, 0.5) is 0 Å². The first kappa shape index (κ1) is 21.7. The van der Waals surface area contributed by atoms with Gasteiger partial charge in [0.25, 0.3) is 11.4 Å². The van der Waals surface area contributed by atoms with Gasteiger partial charge in [-0.05, 0) is 25.0 Å². The van der Waals surface area contributed by atoms with E-state index in [0.717, 1.165) is 16.7 Å². The molecule has 0 aliphatic heterocycles. The van der Waals surface area contributed by atoms with E-state index in [0.29, 0.717) is 38.9 Å². The molecule has 170 valence electrons. The fourth-order valence-corrected chi connectivity index (χ4v) is 4.68. The van der Waals surface area contributed by atoms with Crippen LogP contribution in [0.15, 0.2) is 70.2 Å². The second-order valence-corrected chi connectivity index (χ2v) is 8.96. The van der Waals surface area contributed by atoms with Gasteiger partial charge in [0.1, 0.15) is 11.4 Å². The van der Waals surface area contributed by atoms with E-state index in [2.05, 4.69) is 20.4 Å². The molecular weight excluding hydrogens is 450 g/mol. The molecule has 0 bridgehead atoms. The number of nitrogens with zero attached hydrogens (tertiary/aromatic N) is 4. The van der Waals surface area contributed by atoms with E-state index in [-0.39, 0.29) is 18.0 Å². The summed E-state index contributed by atoms with van der Waals surface area (Å²) in [6, 6.07) is 17.4. The number of aryl methyl sites for hydroxylation is 2. The molecule has 3 aromatic heterocycles. The maximum absolute atomic E-state index is 13.1. The first-order valence-electron chi connectivity index (χ1n) is 10.7. The van der Waals surface area contributed by atoms with Crippen LogP contribution in [0.3, 0.4) is 0 Å². The highest BCUT2D eigenvalue weighted by Crippen LogP contribution is 2.35. The molecular formula is C25H21N5O3S. The molecule has 0 aliphatic rings. The first-order chi connectivity index (χ1) is 16.5.